The molecule has 4 N–H and O–H groups in total. The van der Waals surface area contributed by atoms with Crippen molar-refractivity contribution in [3.8, 4) is 0 Å². The van der Waals surface area contributed by atoms with E-state index in [9.17, 15) is 19.2 Å². The van der Waals surface area contributed by atoms with Gasteiger partial charge in [-0.25, -0.2) is 4.98 Å². The number of likely N-dealkylation sites (tertiary alicyclic amines) is 1. The van der Waals surface area contributed by atoms with Crippen molar-refractivity contribution in [1.29, 1.82) is 5.41 Å². The first-order chi connectivity index (χ1) is 21.3. The van der Waals surface area contributed by atoms with Gasteiger partial charge in [0.25, 0.3) is 0 Å². The molecule has 3 atom stereocenters. The molecule has 1 unspecified atom stereocenters. The molecule has 3 aliphatic heterocycles. The average molecular weight is 616 g/mol. The van der Waals surface area contributed by atoms with Gasteiger partial charge in [-0.15, -0.1) is 11.3 Å². The highest BCUT2D eigenvalue weighted by Gasteiger charge is 2.49. The Labute approximate surface area is 259 Å². The topological polar surface area (TPSA) is 153 Å². The molecule has 12 heteroatoms. The summed E-state index contributed by atoms with van der Waals surface area (Å²) < 4.78 is 0.886. The van der Waals surface area contributed by atoms with Crippen LogP contribution in [0, 0.1) is 11.3 Å². The molecule has 0 spiro atoms. The molecule has 44 heavy (non-hydrogen) atoms. The lowest BCUT2D eigenvalue weighted by molar-refractivity contribution is -0.157. The van der Waals surface area contributed by atoms with Crippen molar-refractivity contribution in [2.24, 2.45) is 11.7 Å². The zero-order valence-corrected chi connectivity index (χ0v) is 25.3. The van der Waals surface area contributed by atoms with E-state index in [2.05, 4.69) is 10.3 Å². The number of fused-ring (bicyclic) bond motifs is 2. The van der Waals surface area contributed by atoms with E-state index in [1.54, 1.807) is 9.80 Å². The number of carbonyl (C=O) groups is 4. The van der Waals surface area contributed by atoms with Crippen molar-refractivity contribution in [2.75, 3.05) is 26.2 Å². The van der Waals surface area contributed by atoms with Crippen LogP contribution in [-0.2, 0) is 20.8 Å². The van der Waals surface area contributed by atoms with Gasteiger partial charge in [0.05, 0.1) is 22.8 Å². The van der Waals surface area contributed by atoms with Crippen LogP contribution in [0.1, 0.15) is 47.5 Å². The third kappa shape index (κ3) is 6.03. The number of rotatable bonds is 9. The second-order valence-corrected chi connectivity index (χ2v) is 12.8. The Morgan fingerprint density at radius 2 is 1.75 bits per heavy atom. The molecule has 0 bridgehead atoms. The number of carbonyl (C=O) groups excluding carboxylic acids is 4. The van der Waals surface area contributed by atoms with Gasteiger partial charge in [0.2, 0.25) is 23.5 Å². The van der Waals surface area contributed by atoms with Gasteiger partial charge in [0.15, 0.2) is 11.0 Å². The third-order valence-electron chi connectivity index (χ3n) is 9.07. The number of piperidine rings is 1. The SMILES string of the molecule is N=C(N)N1CCC(C(NC(=O)[C@H]2CC[C@@H]3C(=O)N(CCCc4ccccc4)CC(=O)N23)C(=O)c2nc3ccccc3s2)CC1. The van der Waals surface area contributed by atoms with Gasteiger partial charge >= 0.3 is 0 Å². The number of benzene rings is 2. The van der Waals surface area contributed by atoms with E-state index in [4.69, 9.17) is 11.1 Å². The number of Topliss-reactive ketones (excluding diaryl/α,β-unsaturated/α-hetero) is 1. The predicted octanol–water partition coefficient (Wildman–Crippen LogP) is 2.40. The van der Waals surface area contributed by atoms with Gasteiger partial charge < -0.3 is 25.8 Å². The first kappa shape index (κ1) is 29.7. The Bertz CT molecular complexity index is 1540. The molecule has 11 nitrogen and oxygen atoms in total. The molecule has 4 heterocycles. The molecular weight excluding hydrogens is 578 g/mol. The summed E-state index contributed by atoms with van der Waals surface area (Å²) in [6.45, 7) is 1.44. The number of aromatic nitrogens is 1. The quantitative estimate of drug-likeness (QED) is 0.190. The fraction of sp³-hybridized carbons (Fsp3) is 0.438. The van der Waals surface area contributed by atoms with Crippen LogP contribution in [0.3, 0.4) is 0 Å². The molecule has 0 aliphatic carbocycles. The Balaban J connectivity index is 1.15. The Hall–Kier alpha value is -4.32. The van der Waals surface area contributed by atoms with Crippen molar-refractivity contribution < 1.29 is 19.2 Å². The maximum Gasteiger partial charge on any atom is 0.245 e. The van der Waals surface area contributed by atoms with Gasteiger partial charge in [-0.3, -0.25) is 24.6 Å². The van der Waals surface area contributed by atoms with E-state index in [0.29, 0.717) is 50.3 Å². The first-order valence-corrected chi connectivity index (χ1v) is 16.0. The first-order valence-electron chi connectivity index (χ1n) is 15.2. The number of para-hydroxylation sites is 1. The standard InChI is InChI=1S/C32H37N7O4S/c33-32(34)37-17-14-21(15-18-37)27(28(41)30-35-22-10-4-5-11-25(22)44-30)36-29(42)23-12-13-24-31(43)38(19-26(40)39(23)24)16-6-9-20-7-2-1-3-8-20/h1-5,7-8,10-11,21,23-24,27H,6,9,12-19H2,(H3,33,34)(H,36,42)/t23-,24-,27?/m1/s1. The van der Waals surface area contributed by atoms with E-state index in [1.165, 1.54) is 21.8 Å². The molecule has 2 aromatic carbocycles. The zero-order valence-electron chi connectivity index (χ0n) is 24.5. The van der Waals surface area contributed by atoms with Crippen LogP contribution in [0.15, 0.2) is 54.6 Å². The predicted molar refractivity (Wildman–Crippen MR) is 167 cm³/mol. The highest BCUT2D eigenvalue weighted by atomic mass is 32.1. The number of thiazole rings is 1. The smallest absolute Gasteiger partial charge is 0.245 e. The molecule has 3 amide bonds. The van der Waals surface area contributed by atoms with Crippen LogP contribution >= 0.6 is 11.3 Å². The monoisotopic (exact) mass is 615 g/mol. The van der Waals surface area contributed by atoms with E-state index >= 15 is 0 Å². The van der Waals surface area contributed by atoms with Crippen LogP contribution in [-0.4, -0.2) is 93.5 Å². The van der Waals surface area contributed by atoms with Crippen LogP contribution in [0.25, 0.3) is 10.2 Å². The van der Waals surface area contributed by atoms with Crippen molar-refractivity contribution in [3.63, 3.8) is 0 Å². The molecule has 3 aromatic rings. The normalized spacial score (nSPS) is 21.4. The Kier molecular flexibility index (Phi) is 8.60. The van der Waals surface area contributed by atoms with Crippen LogP contribution < -0.4 is 11.1 Å². The third-order valence-corrected chi connectivity index (χ3v) is 10.1. The number of guanidine groups is 1. The van der Waals surface area contributed by atoms with E-state index in [-0.39, 0.29) is 36.0 Å². The van der Waals surface area contributed by atoms with Crippen LogP contribution in [0.2, 0.25) is 0 Å². The molecule has 0 radical (unpaired) electrons. The fourth-order valence-corrected chi connectivity index (χ4v) is 7.68. The summed E-state index contributed by atoms with van der Waals surface area (Å²) in [7, 11) is 0. The van der Waals surface area contributed by atoms with E-state index in [1.807, 2.05) is 54.6 Å². The lowest BCUT2D eigenvalue weighted by Gasteiger charge is -2.39. The molecule has 0 saturated carbocycles. The molecule has 230 valence electrons. The average Bonchev–Trinajstić information content (AvgIpc) is 3.68. The largest absolute Gasteiger partial charge is 0.370 e. The minimum atomic E-state index is -0.846. The number of aryl methyl sites for hydroxylation is 1. The molecule has 6 rings (SSSR count). The molecule has 1 aromatic heterocycles. The number of nitrogens with zero attached hydrogens (tertiary/aromatic N) is 4. The summed E-state index contributed by atoms with van der Waals surface area (Å²) in [6.07, 6.45) is 3.45. The fourth-order valence-electron chi connectivity index (χ4n) is 6.73. The maximum absolute atomic E-state index is 13.9. The second kappa shape index (κ2) is 12.7. The van der Waals surface area contributed by atoms with Crippen molar-refractivity contribution in [3.05, 3.63) is 65.2 Å². The van der Waals surface area contributed by atoms with Crippen LogP contribution in [0.5, 0.6) is 0 Å². The molecule has 3 saturated heterocycles. The second-order valence-electron chi connectivity index (χ2n) is 11.8. The lowest BCUT2D eigenvalue weighted by Crippen LogP contribution is -2.62. The number of hydrogen-bond acceptors (Lipinski definition) is 7. The number of amides is 3. The van der Waals surface area contributed by atoms with Crippen molar-refractivity contribution in [1.82, 2.24) is 25.0 Å². The number of hydrogen-bond donors (Lipinski definition) is 3. The molecular formula is C32H37N7O4S. The van der Waals surface area contributed by atoms with Crippen LogP contribution in [0.4, 0.5) is 0 Å². The van der Waals surface area contributed by atoms with Crippen molar-refractivity contribution in [2.45, 2.75) is 56.7 Å². The Morgan fingerprint density at radius 1 is 1.02 bits per heavy atom. The number of piperazine rings is 1. The van der Waals surface area contributed by atoms with E-state index < -0.39 is 24.0 Å². The minimum absolute atomic E-state index is 0.0130. The summed E-state index contributed by atoms with van der Waals surface area (Å²) in [5, 5.41) is 11.1. The van der Waals surface area contributed by atoms with Gasteiger partial charge in [-0.2, -0.15) is 0 Å². The number of nitrogens with two attached hydrogens (primary N) is 1. The zero-order chi connectivity index (χ0) is 30.8. The summed E-state index contributed by atoms with van der Waals surface area (Å²) in [4.78, 5) is 63.9. The summed E-state index contributed by atoms with van der Waals surface area (Å²) in [5.74, 6) is -1.24. The van der Waals surface area contributed by atoms with Gasteiger partial charge in [-0.05, 0) is 62.1 Å². The highest BCUT2D eigenvalue weighted by molar-refractivity contribution is 7.20. The maximum atomic E-state index is 13.9. The number of nitrogens with one attached hydrogen (secondary N) is 2. The minimum Gasteiger partial charge on any atom is -0.370 e. The van der Waals surface area contributed by atoms with Gasteiger partial charge in [0.1, 0.15) is 12.1 Å². The summed E-state index contributed by atoms with van der Waals surface area (Å²) in [5.41, 5.74) is 7.60. The summed E-state index contributed by atoms with van der Waals surface area (Å²) in [6, 6.07) is 15.2. The van der Waals surface area contributed by atoms with Gasteiger partial charge in [-0.1, -0.05) is 42.5 Å². The highest BCUT2D eigenvalue weighted by Crippen LogP contribution is 2.31. The molecule has 3 fully saturated rings. The lowest BCUT2D eigenvalue weighted by atomic mass is 9.86. The van der Waals surface area contributed by atoms with Crippen molar-refractivity contribution >= 4 is 51.0 Å². The number of ketones is 1. The summed E-state index contributed by atoms with van der Waals surface area (Å²) >= 11 is 1.30. The molecule has 3 aliphatic rings. The van der Waals surface area contributed by atoms with E-state index in [0.717, 1.165) is 23.1 Å². The Morgan fingerprint density at radius 3 is 2.48 bits per heavy atom. The van der Waals surface area contributed by atoms with Gasteiger partial charge in [0, 0.05) is 19.6 Å².